The van der Waals surface area contributed by atoms with Gasteiger partial charge in [0, 0.05) is 13.0 Å². The first-order valence-electron chi connectivity index (χ1n) is 7.84. The van der Waals surface area contributed by atoms with Gasteiger partial charge in [-0.05, 0) is 37.4 Å². The van der Waals surface area contributed by atoms with Gasteiger partial charge >= 0.3 is 0 Å². The zero-order valence-corrected chi connectivity index (χ0v) is 12.8. The molecule has 1 saturated heterocycles. The Hall–Kier alpha value is -1.39. The van der Waals surface area contributed by atoms with E-state index in [1.54, 1.807) is 0 Å². The standard InChI is InChI=1S/C17H26N2O2/c1-14-7-9-19(10-8-14)13-17(21)18-12-16(20)11-15-5-3-2-4-6-15/h2-6,14,16,20H,7-13H2,1H3,(H,18,21). The summed E-state index contributed by atoms with van der Waals surface area (Å²) in [6, 6.07) is 9.84. The van der Waals surface area contributed by atoms with Gasteiger partial charge in [0.15, 0.2) is 0 Å². The predicted molar refractivity (Wildman–Crippen MR) is 84.0 cm³/mol. The lowest BCUT2D eigenvalue weighted by Crippen LogP contribution is -2.43. The Morgan fingerprint density at radius 3 is 2.67 bits per heavy atom. The maximum atomic E-state index is 11.9. The van der Waals surface area contributed by atoms with Gasteiger partial charge in [-0.1, -0.05) is 37.3 Å². The second kappa shape index (κ2) is 8.15. The van der Waals surface area contributed by atoms with E-state index in [4.69, 9.17) is 0 Å². The van der Waals surface area contributed by atoms with E-state index < -0.39 is 6.10 Å². The highest BCUT2D eigenvalue weighted by molar-refractivity contribution is 5.78. The third-order valence-electron chi connectivity index (χ3n) is 4.09. The van der Waals surface area contributed by atoms with Gasteiger partial charge in [0.1, 0.15) is 0 Å². The number of nitrogens with zero attached hydrogens (tertiary/aromatic N) is 1. The summed E-state index contributed by atoms with van der Waals surface area (Å²) in [5.74, 6) is 0.786. The molecule has 4 nitrogen and oxygen atoms in total. The molecule has 4 heteroatoms. The van der Waals surface area contributed by atoms with Crippen LogP contribution in [0.2, 0.25) is 0 Å². The summed E-state index contributed by atoms with van der Waals surface area (Å²) in [6.45, 7) is 5.03. The molecule has 0 saturated carbocycles. The van der Waals surface area contributed by atoms with E-state index in [0.717, 1.165) is 24.6 Å². The van der Waals surface area contributed by atoms with Crippen LogP contribution in [0.25, 0.3) is 0 Å². The smallest absolute Gasteiger partial charge is 0.234 e. The first-order valence-corrected chi connectivity index (χ1v) is 7.84. The molecule has 1 aromatic carbocycles. The molecular weight excluding hydrogens is 264 g/mol. The Morgan fingerprint density at radius 2 is 2.00 bits per heavy atom. The highest BCUT2D eigenvalue weighted by Crippen LogP contribution is 2.15. The van der Waals surface area contributed by atoms with E-state index in [2.05, 4.69) is 17.1 Å². The average molecular weight is 290 g/mol. The van der Waals surface area contributed by atoms with Gasteiger partial charge in [-0.25, -0.2) is 0 Å². The molecule has 1 aliphatic heterocycles. The maximum absolute atomic E-state index is 11.9. The molecule has 1 unspecified atom stereocenters. The van der Waals surface area contributed by atoms with Crippen molar-refractivity contribution in [3.05, 3.63) is 35.9 Å². The molecule has 1 fully saturated rings. The Morgan fingerprint density at radius 1 is 1.33 bits per heavy atom. The molecule has 0 spiro atoms. The first kappa shape index (κ1) is 16.0. The summed E-state index contributed by atoms with van der Waals surface area (Å²) in [7, 11) is 0. The number of hydrogen-bond acceptors (Lipinski definition) is 3. The van der Waals surface area contributed by atoms with Crippen molar-refractivity contribution in [3.63, 3.8) is 0 Å². The number of piperidine rings is 1. The third kappa shape index (κ3) is 5.86. The van der Waals surface area contributed by atoms with Gasteiger partial charge in [0.2, 0.25) is 5.91 Å². The fraction of sp³-hybridized carbons (Fsp3) is 0.588. The van der Waals surface area contributed by atoms with Crippen molar-refractivity contribution >= 4 is 5.91 Å². The molecule has 1 amide bonds. The third-order valence-corrected chi connectivity index (χ3v) is 4.09. The average Bonchev–Trinajstić information content (AvgIpc) is 2.49. The number of aliphatic hydroxyl groups is 1. The normalized spacial score (nSPS) is 18.4. The van der Waals surface area contributed by atoms with Crippen LogP contribution in [0.4, 0.5) is 0 Å². The van der Waals surface area contributed by atoms with Crippen molar-refractivity contribution in [3.8, 4) is 0 Å². The Balaban J connectivity index is 1.64. The quantitative estimate of drug-likeness (QED) is 0.833. The predicted octanol–water partition coefficient (Wildman–Crippen LogP) is 1.44. The van der Waals surface area contributed by atoms with Gasteiger partial charge in [0.25, 0.3) is 0 Å². The van der Waals surface area contributed by atoms with Crippen molar-refractivity contribution in [1.29, 1.82) is 0 Å². The van der Waals surface area contributed by atoms with E-state index in [9.17, 15) is 9.90 Å². The van der Waals surface area contributed by atoms with Crippen molar-refractivity contribution in [1.82, 2.24) is 10.2 Å². The molecule has 0 aliphatic carbocycles. The lowest BCUT2D eigenvalue weighted by Gasteiger charge is -2.29. The van der Waals surface area contributed by atoms with E-state index in [1.807, 2.05) is 30.3 Å². The number of aliphatic hydroxyl groups excluding tert-OH is 1. The van der Waals surface area contributed by atoms with Crippen molar-refractivity contribution in [2.75, 3.05) is 26.2 Å². The highest BCUT2D eigenvalue weighted by atomic mass is 16.3. The number of carbonyl (C=O) groups is 1. The van der Waals surface area contributed by atoms with Crippen molar-refractivity contribution in [2.24, 2.45) is 5.92 Å². The van der Waals surface area contributed by atoms with Crippen LogP contribution in [-0.4, -0.2) is 48.2 Å². The summed E-state index contributed by atoms with van der Waals surface area (Å²) in [5, 5.41) is 12.8. The zero-order valence-electron chi connectivity index (χ0n) is 12.8. The number of hydrogen-bond donors (Lipinski definition) is 2. The van der Waals surface area contributed by atoms with E-state index >= 15 is 0 Å². The van der Waals surface area contributed by atoms with Gasteiger partial charge in [-0.2, -0.15) is 0 Å². The second-order valence-electron chi connectivity index (χ2n) is 6.11. The molecule has 1 aromatic rings. The molecule has 21 heavy (non-hydrogen) atoms. The van der Waals surface area contributed by atoms with Crippen molar-refractivity contribution < 1.29 is 9.90 Å². The molecule has 116 valence electrons. The van der Waals surface area contributed by atoms with E-state index in [1.165, 1.54) is 12.8 Å². The van der Waals surface area contributed by atoms with Crippen LogP contribution in [0.5, 0.6) is 0 Å². The molecule has 0 bridgehead atoms. The number of rotatable bonds is 6. The van der Waals surface area contributed by atoms with Crippen LogP contribution in [-0.2, 0) is 11.2 Å². The Bertz CT molecular complexity index is 428. The minimum absolute atomic E-state index is 0.0108. The van der Waals surface area contributed by atoms with Crippen molar-refractivity contribution in [2.45, 2.75) is 32.3 Å². The molecule has 1 aliphatic rings. The summed E-state index contributed by atoms with van der Waals surface area (Å²) >= 11 is 0. The van der Waals surface area contributed by atoms with E-state index in [-0.39, 0.29) is 5.91 Å². The minimum Gasteiger partial charge on any atom is -0.391 e. The molecule has 1 heterocycles. The minimum atomic E-state index is -0.530. The van der Waals surface area contributed by atoms with Gasteiger partial charge in [-0.3, -0.25) is 9.69 Å². The number of amides is 1. The molecular formula is C17H26N2O2. The van der Waals surface area contributed by atoms with Crippen LogP contribution >= 0.6 is 0 Å². The maximum Gasteiger partial charge on any atom is 0.234 e. The lowest BCUT2D eigenvalue weighted by molar-refractivity contribution is -0.123. The zero-order chi connectivity index (χ0) is 15.1. The number of carbonyl (C=O) groups excluding carboxylic acids is 1. The Labute approximate surface area is 127 Å². The van der Waals surface area contributed by atoms with Gasteiger partial charge in [-0.15, -0.1) is 0 Å². The Kier molecular flexibility index (Phi) is 6.21. The SMILES string of the molecule is CC1CCN(CC(=O)NCC(O)Cc2ccccc2)CC1. The van der Waals surface area contributed by atoms with Crippen LogP contribution in [0, 0.1) is 5.92 Å². The van der Waals surface area contributed by atoms with E-state index in [0.29, 0.717) is 19.5 Å². The second-order valence-corrected chi connectivity index (χ2v) is 6.11. The fourth-order valence-electron chi connectivity index (χ4n) is 2.67. The number of likely N-dealkylation sites (tertiary alicyclic amines) is 1. The van der Waals surface area contributed by atoms with Crippen LogP contribution in [0.15, 0.2) is 30.3 Å². The molecule has 2 N–H and O–H groups in total. The lowest BCUT2D eigenvalue weighted by atomic mass is 9.99. The summed E-state index contributed by atoms with van der Waals surface area (Å²) in [5.41, 5.74) is 1.09. The van der Waals surface area contributed by atoms with Crippen LogP contribution < -0.4 is 5.32 Å². The molecule has 0 aromatic heterocycles. The molecule has 2 rings (SSSR count). The monoisotopic (exact) mass is 290 g/mol. The summed E-state index contributed by atoms with van der Waals surface area (Å²) < 4.78 is 0. The first-order chi connectivity index (χ1) is 10.1. The number of nitrogens with one attached hydrogen (secondary N) is 1. The summed E-state index contributed by atoms with van der Waals surface area (Å²) in [4.78, 5) is 14.1. The topological polar surface area (TPSA) is 52.6 Å². The van der Waals surface area contributed by atoms with Gasteiger partial charge in [0.05, 0.1) is 12.6 Å². The number of benzene rings is 1. The largest absolute Gasteiger partial charge is 0.391 e. The summed E-state index contributed by atoms with van der Waals surface area (Å²) in [6.07, 6.45) is 2.38. The van der Waals surface area contributed by atoms with Crippen LogP contribution in [0.1, 0.15) is 25.3 Å². The van der Waals surface area contributed by atoms with Gasteiger partial charge < -0.3 is 10.4 Å². The highest BCUT2D eigenvalue weighted by Gasteiger charge is 2.18. The van der Waals surface area contributed by atoms with Crippen LogP contribution in [0.3, 0.4) is 0 Å². The fourth-order valence-corrected chi connectivity index (χ4v) is 2.67. The molecule has 0 radical (unpaired) electrons. The molecule has 1 atom stereocenters.